The van der Waals surface area contributed by atoms with Crippen molar-refractivity contribution in [2.75, 3.05) is 23.9 Å². The standard InChI is InChI=1S/C13H22N2O/c1-5-11-10(4)13(9-8-12(11)14)15(6-2)16-7-3/h8-9H,5-7,14H2,1-4H3. The molecule has 0 saturated heterocycles. The Morgan fingerprint density at radius 1 is 1.25 bits per heavy atom. The quantitative estimate of drug-likeness (QED) is 0.615. The summed E-state index contributed by atoms with van der Waals surface area (Å²) in [6, 6.07) is 3.99. The van der Waals surface area contributed by atoms with Gasteiger partial charge in [-0.25, -0.2) is 0 Å². The summed E-state index contributed by atoms with van der Waals surface area (Å²) in [6.45, 7) is 9.82. The zero-order valence-corrected chi connectivity index (χ0v) is 10.7. The van der Waals surface area contributed by atoms with Crippen molar-refractivity contribution in [2.45, 2.75) is 34.1 Å². The largest absolute Gasteiger partial charge is 0.398 e. The zero-order valence-electron chi connectivity index (χ0n) is 10.7. The maximum absolute atomic E-state index is 5.96. The second kappa shape index (κ2) is 5.75. The lowest BCUT2D eigenvalue weighted by atomic mass is 10.0. The first kappa shape index (κ1) is 12.8. The molecule has 1 aromatic carbocycles. The minimum absolute atomic E-state index is 0.680. The second-order valence-electron chi connectivity index (χ2n) is 3.74. The van der Waals surface area contributed by atoms with Gasteiger partial charge in [0.05, 0.1) is 12.3 Å². The van der Waals surface area contributed by atoms with Crippen LogP contribution in [0.3, 0.4) is 0 Å². The summed E-state index contributed by atoms with van der Waals surface area (Å²) in [6.07, 6.45) is 0.954. The number of hydrogen-bond acceptors (Lipinski definition) is 3. The van der Waals surface area contributed by atoms with Crippen LogP contribution in [0.5, 0.6) is 0 Å². The van der Waals surface area contributed by atoms with E-state index in [2.05, 4.69) is 20.8 Å². The third-order valence-corrected chi connectivity index (χ3v) is 2.80. The molecule has 0 fully saturated rings. The topological polar surface area (TPSA) is 38.5 Å². The summed E-state index contributed by atoms with van der Waals surface area (Å²) in [5.41, 5.74) is 10.4. The number of benzene rings is 1. The molecule has 1 aromatic rings. The first-order valence-electron chi connectivity index (χ1n) is 5.94. The van der Waals surface area contributed by atoms with Crippen LogP contribution in [-0.4, -0.2) is 13.2 Å². The van der Waals surface area contributed by atoms with E-state index in [1.807, 2.05) is 24.1 Å². The Morgan fingerprint density at radius 3 is 2.44 bits per heavy atom. The molecule has 0 aliphatic heterocycles. The third kappa shape index (κ3) is 2.47. The smallest absolute Gasteiger partial charge is 0.0720 e. The summed E-state index contributed by atoms with van der Waals surface area (Å²) < 4.78 is 0. The molecule has 0 saturated carbocycles. The summed E-state index contributed by atoms with van der Waals surface area (Å²) in [5.74, 6) is 0. The maximum atomic E-state index is 5.96. The van der Waals surface area contributed by atoms with Gasteiger partial charge in [0.2, 0.25) is 0 Å². The SMILES string of the molecule is CCON(CC)c1ccc(N)c(CC)c1C. The molecule has 0 unspecified atom stereocenters. The van der Waals surface area contributed by atoms with Crippen LogP contribution in [0.25, 0.3) is 0 Å². The van der Waals surface area contributed by atoms with Crippen LogP contribution in [0.15, 0.2) is 12.1 Å². The van der Waals surface area contributed by atoms with Crippen LogP contribution in [0, 0.1) is 6.92 Å². The molecule has 0 bridgehead atoms. The minimum Gasteiger partial charge on any atom is -0.398 e. The number of rotatable bonds is 5. The molecule has 3 heteroatoms. The average molecular weight is 222 g/mol. The lowest BCUT2D eigenvalue weighted by Gasteiger charge is -2.25. The molecule has 1 rings (SSSR count). The normalized spacial score (nSPS) is 10.5. The highest BCUT2D eigenvalue weighted by molar-refractivity contribution is 5.63. The molecule has 0 aromatic heterocycles. The fourth-order valence-corrected chi connectivity index (χ4v) is 1.99. The summed E-state index contributed by atoms with van der Waals surface area (Å²) in [4.78, 5) is 5.59. The van der Waals surface area contributed by atoms with Crippen molar-refractivity contribution >= 4 is 11.4 Å². The molecule has 0 radical (unpaired) electrons. The van der Waals surface area contributed by atoms with Crippen LogP contribution >= 0.6 is 0 Å². The van der Waals surface area contributed by atoms with Gasteiger partial charge in [-0.3, -0.25) is 9.90 Å². The Hall–Kier alpha value is -1.22. The third-order valence-electron chi connectivity index (χ3n) is 2.80. The molecule has 0 amide bonds. The average Bonchev–Trinajstić information content (AvgIpc) is 2.27. The fourth-order valence-electron chi connectivity index (χ4n) is 1.99. The summed E-state index contributed by atoms with van der Waals surface area (Å²) >= 11 is 0. The summed E-state index contributed by atoms with van der Waals surface area (Å²) in [7, 11) is 0. The van der Waals surface area contributed by atoms with Crippen LogP contribution in [0.2, 0.25) is 0 Å². The monoisotopic (exact) mass is 222 g/mol. The Kier molecular flexibility index (Phi) is 4.62. The molecule has 0 heterocycles. The Morgan fingerprint density at radius 2 is 1.94 bits per heavy atom. The van der Waals surface area contributed by atoms with E-state index in [-0.39, 0.29) is 0 Å². The number of hydroxylamine groups is 1. The number of hydrogen-bond donors (Lipinski definition) is 1. The van der Waals surface area contributed by atoms with Gasteiger partial charge < -0.3 is 5.73 Å². The van der Waals surface area contributed by atoms with E-state index in [4.69, 9.17) is 10.6 Å². The molecular weight excluding hydrogens is 200 g/mol. The van der Waals surface area contributed by atoms with E-state index in [0.29, 0.717) is 6.61 Å². The van der Waals surface area contributed by atoms with Crippen LogP contribution in [0.1, 0.15) is 31.9 Å². The lowest BCUT2D eigenvalue weighted by Crippen LogP contribution is -2.24. The van der Waals surface area contributed by atoms with E-state index in [1.165, 1.54) is 11.1 Å². The Balaban J connectivity index is 3.13. The summed E-state index contributed by atoms with van der Waals surface area (Å²) in [5, 5.41) is 1.92. The van der Waals surface area contributed by atoms with E-state index < -0.39 is 0 Å². The molecule has 0 aliphatic rings. The van der Waals surface area contributed by atoms with Crippen molar-refractivity contribution in [1.29, 1.82) is 0 Å². The van der Waals surface area contributed by atoms with Gasteiger partial charge in [0.1, 0.15) is 0 Å². The number of anilines is 2. The van der Waals surface area contributed by atoms with Crippen LogP contribution in [0.4, 0.5) is 11.4 Å². The molecule has 0 spiro atoms. The molecular formula is C13H22N2O. The van der Waals surface area contributed by atoms with Gasteiger partial charge in [-0.05, 0) is 50.5 Å². The lowest BCUT2D eigenvalue weighted by molar-refractivity contribution is 0.123. The van der Waals surface area contributed by atoms with Gasteiger partial charge in [-0.15, -0.1) is 0 Å². The maximum Gasteiger partial charge on any atom is 0.0720 e. The van der Waals surface area contributed by atoms with E-state index in [9.17, 15) is 0 Å². The van der Waals surface area contributed by atoms with Crippen molar-refractivity contribution in [3.05, 3.63) is 23.3 Å². The Bertz CT molecular complexity index is 350. The zero-order chi connectivity index (χ0) is 12.1. The second-order valence-corrected chi connectivity index (χ2v) is 3.74. The van der Waals surface area contributed by atoms with Crippen molar-refractivity contribution in [3.63, 3.8) is 0 Å². The molecule has 0 aliphatic carbocycles. The predicted molar refractivity (Wildman–Crippen MR) is 69.6 cm³/mol. The van der Waals surface area contributed by atoms with Crippen LogP contribution < -0.4 is 10.8 Å². The number of nitrogens with zero attached hydrogens (tertiary/aromatic N) is 1. The van der Waals surface area contributed by atoms with E-state index in [1.54, 1.807) is 0 Å². The van der Waals surface area contributed by atoms with Gasteiger partial charge >= 0.3 is 0 Å². The van der Waals surface area contributed by atoms with E-state index >= 15 is 0 Å². The van der Waals surface area contributed by atoms with Gasteiger partial charge in [-0.2, -0.15) is 0 Å². The number of nitrogen functional groups attached to an aromatic ring is 1. The predicted octanol–water partition coefficient (Wildman–Crippen LogP) is 2.92. The Labute approximate surface area is 98.2 Å². The highest BCUT2D eigenvalue weighted by Crippen LogP contribution is 2.28. The van der Waals surface area contributed by atoms with Crippen molar-refractivity contribution < 1.29 is 4.84 Å². The minimum atomic E-state index is 0.680. The van der Waals surface area contributed by atoms with Crippen molar-refractivity contribution in [2.24, 2.45) is 0 Å². The molecule has 90 valence electrons. The van der Waals surface area contributed by atoms with E-state index in [0.717, 1.165) is 24.3 Å². The van der Waals surface area contributed by atoms with Gasteiger partial charge in [-0.1, -0.05) is 6.92 Å². The molecule has 16 heavy (non-hydrogen) atoms. The highest BCUT2D eigenvalue weighted by atomic mass is 16.7. The molecule has 2 N–H and O–H groups in total. The van der Waals surface area contributed by atoms with Gasteiger partial charge in [0, 0.05) is 12.2 Å². The van der Waals surface area contributed by atoms with Crippen molar-refractivity contribution in [1.82, 2.24) is 0 Å². The fraction of sp³-hybridized carbons (Fsp3) is 0.538. The molecule has 3 nitrogen and oxygen atoms in total. The molecule has 0 atom stereocenters. The highest BCUT2D eigenvalue weighted by Gasteiger charge is 2.11. The number of nitrogens with two attached hydrogens (primary N) is 1. The first-order chi connectivity index (χ1) is 7.65. The first-order valence-corrected chi connectivity index (χ1v) is 5.94. The van der Waals surface area contributed by atoms with Gasteiger partial charge in [0.15, 0.2) is 0 Å². The van der Waals surface area contributed by atoms with Crippen LogP contribution in [-0.2, 0) is 11.3 Å². The van der Waals surface area contributed by atoms with Gasteiger partial charge in [0.25, 0.3) is 0 Å². The van der Waals surface area contributed by atoms with Crippen molar-refractivity contribution in [3.8, 4) is 0 Å².